The molecular formula is C2H6AlClO2. The molecule has 0 atom stereocenters. The summed E-state index contributed by atoms with van der Waals surface area (Å²) < 4.78 is 4.25. The molecule has 0 aromatic carbocycles. The largest absolute Gasteiger partial charge is 0.622 e. The second kappa shape index (κ2) is 5.29. The minimum atomic E-state index is -0.184. The Morgan fingerprint density at radius 1 is 1.83 bits per heavy atom. The van der Waals surface area contributed by atoms with E-state index >= 15 is 0 Å². The van der Waals surface area contributed by atoms with Crippen LogP contribution in [0.3, 0.4) is 0 Å². The van der Waals surface area contributed by atoms with Gasteiger partial charge in [0.05, 0.1) is 0 Å². The van der Waals surface area contributed by atoms with Gasteiger partial charge in [-0.2, -0.15) is 0 Å². The monoisotopic (exact) mass is 124 g/mol. The van der Waals surface area contributed by atoms with Gasteiger partial charge < -0.3 is 3.79 Å². The Hall–Kier alpha value is 0.292. The first kappa shape index (κ1) is 9.57. The minimum absolute atomic E-state index is 0. The Morgan fingerprint density at radius 3 is 2.00 bits per heavy atom. The van der Waals surface area contributed by atoms with Gasteiger partial charge in [0, 0.05) is 6.92 Å². The summed E-state index contributed by atoms with van der Waals surface area (Å²) in [4.78, 5) is 9.62. The van der Waals surface area contributed by atoms with Crippen molar-refractivity contribution in [3.8, 4) is 0 Å². The number of carbonyl (C=O) groups is 1. The van der Waals surface area contributed by atoms with Crippen molar-refractivity contribution < 1.29 is 8.58 Å². The van der Waals surface area contributed by atoms with Gasteiger partial charge in [0.1, 0.15) is 0 Å². The summed E-state index contributed by atoms with van der Waals surface area (Å²) >= 11 is 0.524. The second-order valence-electron chi connectivity index (χ2n) is 0.696. The van der Waals surface area contributed by atoms with Gasteiger partial charge in [-0.15, -0.1) is 12.4 Å². The lowest BCUT2D eigenvalue weighted by atomic mass is 10.9. The number of rotatable bonds is 0. The molecule has 0 aliphatic heterocycles. The number of carbonyl (C=O) groups excluding carboxylic acids is 1. The van der Waals surface area contributed by atoms with Crippen LogP contribution in [0, 0.1) is 0 Å². The third-order valence-corrected chi connectivity index (χ3v) is 0.862. The molecule has 0 fully saturated rings. The van der Waals surface area contributed by atoms with Crippen LogP contribution < -0.4 is 0 Å². The third-order valence-electron chi connectivity index (χ3n) is 0.287. The van der Waals surface area contributed by atoms with E-state index < -0.39 is 0 Å². The molecule has 0 spiro atoms. The summed E-state index contributed by atoms with van der Waals surface area (Å²) in [6, 6.07) is 0. The number of hydrogen-bond donors (Lipinski definition) is 0. The quantitative estimate of drug-likeness (QED) is 0.408. The molecule has 0 N–H and O–H groups in total. The van der Waals surface area contributed by atoms with E-state index in [2.05, 4.69) is 3.79 Å². The Labute approximate surface area is 51.0 Å². The van der Waals surface area contributed by atoms with Crippen LogP contribution >= 0.6 is 12.4 Å². The van der Waals surface area contributed by atoms with Crippen LogP contribution in [-0.2, 0) is 8.58 Å². The van der Waals surface area contributed by atoms with Crippen LogP contribution in [-0.4, -0.2) is 22.6 Å². The van der Waals surface area contributed by atoms with E-state index in [0.717, 1.165) is 0 Å². The molecule has 0 heterocycles. The summed E-state index contributed by atoms with van der Waals surface area (Å²) in [7, 11) is 0. The summed E-state index contributed by atoms with van der Waals surface area (Å²) in [5.41, 5.74) is 0. The van der Waals surface area contributed by atoms with Crippen molar-refractivity contribution >= 4 is 35.0 Å². The molecule has 0 unspecified atom stereocenters. The first-order chi connectivity index (χ1) is 2.27. The van der Waals surface area contributed by atoms with E-state index in [1.807, 2.05) is 0 Å². The predicted molar refractivity (Wildman–Crippen MR) is 27.6 cm³/mol. The highest BCUT2D eigenvalue weighted by molar-refractivity contribution is 6.04. The fraction of sp³-hybridized carbons (Fsp3) is 0.500. The zero-order valence-electron chi connectivity index (χ0n) is 3.72. The van der Waals surface area contributed by atoms with Crippen molar-refractivity contribution in [2.45, 2.75) is 6.92 Å². The highest BCUT2D eigenvalue weighted by Gasteiger charge is 1.74. The maximum Gasteiger partial charge on any atom is 0.499 e. The molecule has 0 bridgehead atoms. The summed E-state index contributed by atoms with van der Waals surface area (Å²) in [5, 5.41) is 0. The van der Waals surface area contributed by atoms with Gasteiger partial charge in [-0.1, -0.05) is 0 Å². The van der Waals surface area contributed by atoms with Crippen LogP contribution in [0.5, 0.6) is 0 Å². The molecule has 0 amide bonds. The van der Waals surface area contributed by atoms with Crippen LogP contribution in [0.2, 0.25) is 0 Å². The lowest BCUT2D eigenvalue weighted by Gasteiger charge is -1.84. The lowest BCUT2D eigenvalue weighted by Crippen LogP contribution is -1.90. The van der Waals surface area contributed by atoms with Crippen molar-refractivity contribution in [1.29, 1.82) is 0 Å². The van der Waals surface area contributed by atoms with Gasteiger partial charge in [0.25, 0.3) is 5.97 Å². The van der Waals surface area contributed by atoms with E-state index in [9.17, 15) is 4.79 Å². The highest BCUT2D eigenvalue weighted by Crippen LogP contribution is 1.58. The van der Waals surface area contributed by atoms with Gasteiger partial charge in [0.2, 0.25) is 0 Å². The number of hydrogen-bond acceptors (Lipinski definition) is 2. The Balaban J connectivity index is 0. The van der Waals surface area contributed by atoms with Crippen molar-refractivity contribution in [1.82, 2.24) is 0 Å². The molecule has 4 heteroatoms. The molecule has 36 valence electrons. The third kappa shape index (κ3) is 8.85. The summed E-state index contributed by atoms with van der Waals surface area (Å²) in [6.07, 6.45) is 0. The van der Waals surface area contributed by atoms with Crippen LogP contribution in [0.4, 0.5) is 0 Å². The molecule has 2 nitrogen and oxygen atoms in total. The van der Waals surface area contributed by atoms with E-state index in [0.29, 0.717) is 16.6 Å². The smallest absolute Gasteiger partial charge is 0.499 e. The normalized spacial score (nSPS) is 5.50. The first-order valence-electron chi connectivity index (χ1n) is 1.32. The fourth-order valence-corrected chi connectivity index (χ4v) is 0. The van der Waals surface area contributed by atoms with Crippen molar-refractivity contribution in [2.75, 3.05) is 0 Å². The SMILES string of the molecule is CC(=O)[O][AlH2].Cl. The van der Waals surface area contributed by atoms with Gasteiger partial charge in [-0.25, -0.2) is 0 Å². The molecule has 0 aliphatic carbocycles. The molecule has 0 aliphatic rings. The fourth-order valence-electron chi connectivity index (χ4n) is 0. The molecule has 6 heavy (non-hydrogen) atoms. The molecule has 0 rings (SSSR count). The van der Waals surface area contributed by atoms with E-state index in [-0.39, 0.29) is 18.4 Å². The molecular weight excluding hydrogens is 118 g/mol. The van der Waals surface area contributed by atoms with Gasteiger partial charge in [-0.3, -0.25) is 4.79 Å². The highest BCUT2D eigenvalue weighted by atomic mass is 35.5. The Kier molecular flexibility index (Phi) is 8.44. The summed E-state index contributed by atoms with van der Waals surface area (Å²) in [6.45, 7) is 1.40. The zero-order valence-corrected chi connectivity index (χ0v) is 6.54. The Bertz CT molecular complexity index is 46.8. The maximum atomic E-state index is 9.62. The summed E-state index contributed by atoms with van der Waals surface area (Å²) in [5.74, 6) is -0.184. The topological polar surface area (TPSA) is 26.3 Å². The lowest BCUT2D eigenvalue weighted by molar-refractivity contribution is -0.131. The predicted octanol–water partition coefficient (Wildman–Crippen LogP) is -0.481. The van der Waals surface area contributed by atoms with Crippen molar-refractivity contribution in [3.63, 3.8) is 0 Å². The second-order valence-corrected chi connectivity index (χ2v) is 1.10. The van der Waals surface area contributed by atoms with Crippen LogP contribution in [0.15, 0.2) is 0 Å². The average Bonchev–Trinajstić information content (AvgIpc) is 1.38. The zero-order chi connectivity index (χ0) is 4.28. The molecule has 0 saturated heterocycles. The van der Waals surface area contributed by atoms with Gasteiger partial charge in [0.15, 0.2) is 0 Å². The maximum absolute atomic E-state index is 9.62. The van der Waals surface area contributed by atoms with Crippen molar-refractivity contribution in [2.24, 2.45) is 0 Å². The van der Waals surface area contributed by atoms with Gasteiger partial charge >= 0.3 is 16.6 Å². The molecule has 0 saturated carbocycles. The van der Waals surface area contributed by atoms with E-state index in [1.165, 1.54) is 6.92 Å². The number of halogens is 1. The van der Waals surface area contributed by atoms with Crippen molar-refractivity contribution in [3.05, 3.63) is 0 Å². The first-order valence-corrected chi connectivity index (χ1v) is 2.13. The molecule has 0 radical (unpaired) electrons. The minimum Gasteiger partial charge on any atom is -0.622 e. The van der Waals surface area contributed by atoms with Crippen LogP contribution in [0.25, 0.3) is 0 Å². The van der Waals surface area contributed by atoms with Crippen LogP contribution in [0.1, 0.15) is 6.92 Å². The van der Waals surface area contributed by atoms with E-state index in [1.54, 1.807) is 0 Å². The standard InChI is InChI=1S/C2H4O2.Al.ClH.2H/c1-2(3)4;;;;/h1H3,(H,3,4);;1H;;/q;+1;;;/p-1. The molecule has 0 aromatic heterocycles. The van der Waals surface area contributed by atoms with Gasteiger partial charge in [-0.05, 0) is 0 Å². The average molecular weight is 125 g/mol. The van der Waals surface area contributed by atoms with E-state index in [4.69, 9.17) is 0 Å². The Morgan fingerprint density at radius 2 is 2.00 bits per heavy atom. The molecule has 0 aromatic rings.